The molecule has 0 saturated heterocycles. The highest BCUT2D eigenvalue weighted by Gasteiger charge is 2.19. The van der Waals surface area contributed by atoms with Crippen molar-refractivity contribution in [1.82, 2.24) is 5.32 Å². The van der Waals surface area contributed by atoms with Crippen LogP contribution in [-0.4, -0.2) is 47.4 Å². The maximum absolute atomic E-state index is 12.5. The fourth-order valence-electron chi connectivity index (χ4n) is 8.92. The van der Waals surface area contributed by atoms with E-state index in [4.69, 9.17) is 4.74 Å². The minimum absolute atomic E-state index is 0.0259. The Kier molecular flexibility index (Phi) is 54.1. The SMILES string of the molecule is CCCCCC/C=C\CCCCCCCC(=O)OCCCCCCCC/C=C\C/C=C\CCC(=O)NC(CO)C(O)CCCCCCCCCCCCCCCCCCCCCCCCC. The van der Waals surface area contributed by atoms with E-state index in [9.17, 15) is 19.8 Å². The number of unbranched alkanes of at least 4 members (excludes halogenated alkanes) is 37. The van der Waals surface area contributed by atoms with Crippen molar-refractivity contribution >= 4 is 11.9 Å². The molecule has 2 atom stereocenters. The number of esters is 1. The van der Waals surface area contributed by atoms with Gasteiger partial charge in [-0.15, -0.1) is 0 Å². The van der Waals surface area contributed by atoms with Crippen molar-refractivity contribution in [2.24, 2.45) is 0 Å². The molecule has 1 amide bonds. The van der Waals surface area contributed by atoms with E-state index in [0.29, 0.717) is 32.3 Å². The fourth-order valence-corrected chi connectivity index (χ4v) is 8.92. The highest BCUT2D eigenvalue weighted by molar-refractivity contribution is 5.76. The predicted molar refractivity (Wildman–Crippen MR) is 287 cm³/mol. The third kappa shape index (κ3) is 51.5. The largest absolute Gasteiger partial charge is 0.466 e. The van der Waals surface area contributed by atoms with Crippen molar-refractivity contribution in [2.45, 2.75) is 321 Å². The monoisotopic (exact) mass is 928 g/mol. The third-order valence-corrected chi connectivity index (χ3v) is 13.4. The van der Waals surface area contributed by atoms with Crippen LogP contribution in [0.25, 0.3) is 0 Å². The van der Waals surface area contributed by atoms with E-state index in [1.807, 2.05) is 6.08 Å². The second kappa shape index (κ2) is 55.7. The Morgan fingerprint density at radius 3 is 1.21 bits per heavy atom. The standard InChI is InChI=1S/C60H113NO5/c1-3-5-7-9-11-13-15-17-18-19-20-21-22-23-24-25-26-29-32-36-40-44-48-52-58(63)57(56-62)61-59(64)53-49-45-41-37-33-30-27-31-35-39-43-47-51-55-66-60(65)54-50-46-42-38-34-28-16-14-12-10-8-6-4-2/h14,16,30,33,41,45,57-58,62-63H,3-13,15,17-29,31-32,34-40,42-44,46-56H2,1-2H3,(H,61,64)/b16-14-,33-30-,45-41-. The van der Waals surface area contributed by atoms with Crippen LogP contribution in [0.3, 0.4) is 0 Å². The molecule has 0 heterocycles. The van der Waals surface area contributed by atoms with E-state index in [-0.39, 0.29) is 18.5 Å². The molecule has 0 bridgehead atoms. The molecule has 0 radical (unpaired) electrons. The van der Waals surface area contributed by atoms with Crippen LogP contribution in [0.5, 0.6) is 0 Å². The van der Waals surface area contributed by atoms with Crippen LogP contribution in [0.15, 0.2) is 36.5 Å². The van der Waals surface area contributed by atoms with Gasteiger partial charge in [0.15, 0.2) is 0 Å². The van der Waals surface area contributed by atoms with Gasteiger partial charge in [0, 0.05) is 12.8 Å². The fraction of sp³-hybridized carbons (Fsp3) is 0.867. The average molecular weight is 929 g/mol. The molecule has 0 fully saturated rings. The molecule has 0 aliphatic rings. The quantitative estimate of drug-likeness (QED) is 0.0321. The molecule has 0 aliphatic heterocycles. The van der Waals surface area contributed by atoms with Gasteiger partial charge in [-0.2, -0.15) is 0 Å². The number of rotatable bonds is 54. The van der Waals surface area contributed by atoms with Gasteiger partial charge in [-0.05, 0) is 70.6 Å². The molecule has 0 spiro atoms. The van der Waals surface area contributed by atoms with Crippen LogP contribution in [0.2, 0.25) is 0 Å². The van der Waals surface area contributed by atoms with Crippen LogP contribution in [0.4, 0.5) is 0 Å². The van der Waals surface area contributed by atoms with Gasteiger partial charge in [-0.1, -0.05) is 262 Å². The number of aliphatic hydroxyl groups excluding tert-OH is 2. The van der Waals surface area contributed by atoms with Gasteiger partial charge >= 0.3 is 5.97 Å². The van der Waals surface area contributed by atoms with Gasteiger partial charge < -0.3 is 20.3 Å². The summed E-state index contributed by atoms with van der Waals surface area (Å²) >= 11 is 0. The van der Waals surface area contributed by atoms with Crippen molar-refractivity contribution in [3.05, 3.63) is 36.5 Å². The normalized spacial score (nSPS) is 12.8. The van der Waals surface area contributed by atoms with Crippen LogP contribution in [0, 0.1) is 0 Å². The summed E-state index contributed by atoms with van der Waals surface area (Å²) in [5.41, 5.74) is 0. The first-order valence-electron chi connectivity index (χ1n) is 29.2. The van der Waals surface area contributed by atoms with Gasteiger partial charge in [0.05, 0.1) is 25.4 Å². The molecular weight excluding hydrogens is 815 g/mol. The zero-order valence-electron chi connectivity index (χ0n) is 44.2. The highest BCUT2D eigenvalue weighted by atomic mass is 16.5. The first kappa shape index (κ1) is 64.1. The van der Waals surface area contributed by atoms with Gasteiger partial charge in [-0.3, -0.25) is 9.59 Å². The zero-order valence-corrected chi connectivity index (χ0v) is 44.2. The Morgan fingerprint density at radius 1 is 0.424 bits per heavy atom. The number of amides is 1. The second-order valence-electron chi connectivity index (χ2n) is 20.0. The summed E-state index contributed by atoms with van der Waals surface area (Å²) in [7, 11) is 0. The number of aliphatic hydroxyl groups is 2. The lowest BCUT2D eigenvalue weighted by Crippen LogP contribution is -2.45. The van der Waals surface area contributed by atoms with E-state index >= 15 is 0 Å². The molecule has 0 aliphatic carbocycles. The lowest BCUT2D eigenvalue weighted by atomic mass is 10.0. The average Bonchev–Trinajstić information content (AvgIpc) is 3.32. The van der Waals surface area contributed by atoms with Crippen molar-refractivity contribution < 1.29 is 24.5 Å². The summed E-state index contributed by atoms with van der Waals surface area (Å²) in [6.07, 6.45) is 68.7. The van der Waals surface area contributed by atoms with Crippen LogP contribution < -0.4 is 5.32 Å². The maximum atomic E-state index is 12.5. The minimum Gasteiger partial charge on any atom is -0.466 e. The third-order valence-electron chi connectivity index (χ3n) is 13.4. The number of allylic oxidation sites excluding steroid dienone is 6. The summed E-state index contributed by atoms with van der Waals surface area (Å²) in [5.74, 6) is -0.139. The Labute approximate surface area is 411 Å². The summed E-state index contributed by atoms with van der Waals surface area (Å²) in [6.45, 7) is 4.88. The van der Waals surface area contributed by atoms with Crippen molar-refractivity contribution in [1.29, 1.82) is 0 Å². The number of nitrogens with one attached hydrogen (secondary N) is 1. The summed E-state index contributed by atoms with van der Waals surface area (Å²) < 4.78 is 5.45. The smallest absolute Gasteiger partial charge is 0.305 e. The Hall–Kier alpha value is -1.92. The molecule has 6 nitrogen and oxygen atoms in total. The molecule has 388 valence electrons. The first-order valence-corrected chi connectivity index (χ1v) is 29.2. The van der Waals surface area contributed by atoms with Gasteiger partial charge in [0.2, 0.25) is 5.91 Å². The summed E-state index contributed by atoms with van der Waals surface area (Å²) in [4.78, 5) is 24.5. The number of carbonyl (C=O) groups is 2. The van der Waals surface area contributed by atoms with Crippen molar-refractivity contribution in [2.75, 3.05) is 13.2 Å². The molecule has 0 saturated carbocycles. The van der Waals surface area contributed by atoms with E-state index < -0.39 is 12.1 Å². The number of carbonyl (C=O) groups excluding carboxylic acids is 2. The van der Waals surface area contributed by atoms with E-state index in [1.165, 1.54) is 218 Å². The van der Waals surface area contributed by atoms with Crippen LogP contribution in [-0.2, 0) is 14.3 Å². The molecule has 2 unspecified atom stereocenters. The summed E-state index contributed by atoms with van der Waals surface area (Å²) in [6, 6.07) is -0.587. The maximum Gasteiger partial charge on any atom is 0.305 e. The molecule has 3 N–H and O–H groups in total. The zero-order chi connectivity index (χ0) is 47.9. The molecular formula is C60H113NO5. The molecule has 0 rings (SSSR count). The van der Waals surface area contributed by atoms with Gasteiger partial charge in [0.1, 0.15) is 0 Å². The minimum atomic E-state index is -0.701. The second-order valence-corrected chi connectivity index (χ2v) is 20.0. The van der Waals surface area contributed by atoms with Crippen molar-refractivity contribution in [3.8, 4) is 0 Å². The lowest BCUT2D eigenvalue weighted by Gasteiger charge is -2.22. The predicted octanol–water partition coefficient (Wildman–Crippen LogP) is 18.0. The topological polar surface area (TPSA) is 95.9 Å². The summed E-state index contributed by atoms with van der Waals surface area (Å²) in [5, 5.41) is 23.3. The van der Waals surface area contributed by atoms with E-state index in [0.717, 1.165) is 51.4 Å². The van der Waals surface area contributed by atoms with Crippen LogP contribution >= 0.6 is 0 Å². The lowest BCUT2D eigenvalue weighted by molar-refractivity contribution is -0.143. The molecule has 66 heavy (non-hydrogen) atoms. The Balaban J connectivity index is 3.54. The molecule has 0 aromatic carbocycles. The van der Waals surface area contributed by atoms with Crippen LogP contribution in [0.1, 0.15) is 309 Å². The molecule has 0 aromatic heterocycles. The van der Waals surface area contributed by atoms with E-state index in [1.54, 1.807) is 0 Å². The first-order chi connectivity index (χ1) is 32.5. The number of hydrogen-bond acceptors (Lipinski definition) is 5. The van der Waals surface area contributed by atoms with Gasteiger partial charge in [0.25, 0.3) is 0 Å². The Morgan fingerprint density at radius 2 is 0.773 bits per heavy atom. The van der Waals surface area contributed by atoms with Gasteiger partial charge in [-0.25, -0.2) is 0 Å². The van der Waals surface area contributed by atoms with E-state index in [2.05, 4.69) is 49.5 Å². The van der Waals surface area contributed by atoms with Crippen molar-refractivity contribution in [3.63, 3.8) is 0 Å². The number of hydrogen-bond donors (Lipinski definition) is 3. The number of ether oxygens (including phenoxy) is 1. The Bertz CT molecular complexity index is 1070. The molecule has 0 aromatic rings. The highest BCUT2D eigenvalue weighted by Crippen LogP contribution is 2.17. The molecule has 6 heteroatoms.